The minimum Gasteiger partial charge on any atom is -0.351 e. The molecule has 1 unspecified atom stereocenters. The van der Waals surface area contributed by atoms with Crippen molar-refractivity contribution in [1.29, 1.82) is 0 Å². The van der Waals surface area contributed by atoms with Gasteiger partial charge in [0, 0.05) is 29.0 Å². The lowest BCUT2D eigenvalue weighted by Crippen LogP contribution is -2.55. The van der Waals surface area contributed by atoms with Crippen molar-refractivity contribution in [3.05, 3.63) is 56.7 Å². The van der Waals surface area contributed by atoms with Crippen molar-refractivity contribution in [3.8, 4) is 0 Å². The van der Waals surface area contributed by atoms with Crippen LogP contribution < -0.4 is 10.6 Å². The molecule has 1 aliphatic heterocycles. The maximum atomic E-state index is 12.7. The summed E-state index contributed by atoms with van der Waals surface area (Å²) < 4.78 is 0.997. The van der Waals surface area contributed by atoms with E-state index in [1.807, 2.05) is 46.7 Å². The van der Waals surface area contributed by atoms with Crippen LogP contribution in [0.4, 0.5) is 0 Å². The van der Waals surface area contributed by atoms with E-state index in [0.29, 0.717) is 26.2 Å². The Hall–Kier alpha value is -1.70. The Balaban J connectivity index is 1.53. The van der Waals surface area contributed by atoms with Crippen molar-refractivity contribution in [3.63, 3.8) is 0 Å². The minimum absolute atomic E-state index is 0.0162. The van der Waals surface area contributed by atoms with Crippen LogP contribution in [-0.2, 0) is 22.7 Å². The van der Waals surface area contributed by atoms with Crippen molar-refractivity contribution >= 4 is 39.1 Å². The van der Waals surface area contributed by atoms with Crippen LogP contribution in [0.3, 0.4) is 0 Å². The summed E-state index contributed by atoms with van der Waals surface area (Å²) in [7, 11) is 0. The molecule has 5 nitrogen and oxygen atoms in total. The van der Waals surface area contributed by atoms with Crippen molar-refractivity contribution < 1.29 is 9.59 Å². The van der Waals surface area contributed by atoms with Gasteiger partial charge in [-0.2, -0.15) is 0 Å². The first-order valence-corrected chi connectivity index (χ1v) is 9.85. The molecule has 1 saturated heterocycles. The molecule has 2 N–H and O–H groups in total. The molecular weight excluding hydrogens is 402 g/mol. The number of thiophene rings is 1. The summed E-state index contributed by atoms with van der Waals surface area (Å²) in [6.45, 7) is 2.42. The van der Waals surface area contributed by atoms with Gasteiger partial charge in [-0.3, -0.25) is 9.59 Å². The fourth-order valence-electron chi connectivity index (χ4n) is 2.82. The van der Waals surface area contributed by atoms with Gasteiger partial charge in [-0.15, -0.1) is 11.3 Å². The van der Waals surface area contributed by atoms with Crippen LogP contribution in [0.25, 0.3) is 0 Å². The molecule has 2 aromatic rings. The number of carbonyl (C=O) groups excluding carboxylic acids is 2. The summed E-state index contributed by atoms with van der Waals surface area (Å²) in [6, 6.07) is 11.4. The largest absolute Gasteiger partial charge is 0.351 e. The van der Waals surface area contributed by atoms with E-state index in [9.17, 15) is 9.59 Å². The summed E-state index contributed by atoms with van der Waals surface area (Å²) in [5.74, 6) is -0.124. The Bertz CT molecular complexity index is 736. The topological polar surface area (TPSA) is 61.4 Å². The van der Waals surface area contributed by atoms with Crippen LogP contribution in [0.2, 0.25) is 0 Å². The smallest absolute Gasteiger partial charge is 0.240 e. The van der Waals surface area contributed by atoms with Gasteiger partial charge in [0.2, 0.25) is 11.8 Å². The van der Waals surface area contributed by atoms with Gasteiger partial charge < -0.3 is 15.5 Å². The lowest BCUT2D eigenvalue weighted by Gasteiger charge is -2.33. The maximum Gasteiger partial charge on any atom is 0.240 e. The van der Waals surface area contributed by atoms with Crippen LogP contribution in [0.15, 0.2) is 46.3 Å². The first-order chi connectivity index (χ1) is 12.1. The average Bonchev–Trinajstić information content (AvgIpc) is 3.10. The Morgan fingerprint density at radius 3 is 3.00 bits per heavy atom. The van der Waals surface area contributed by atoms with E-state index in [1.54, 1.807) is 11.3 Å². The zero-order chi connectivity index (χ0) is 17.6. The van der Waals surface area contributed by atoms with Gasteiger partial charge in [0.1, 0.15) is 0 Å². The molecule has 1 aromatic carbocycles. The molecule has 1 aromatic heterocycles. The minimum atomic E-state index is -0.454. The Morgan fingerprint density at radius 1 is 1.36 bits per heavy atom. The highest BCUT2D eigenvalue weighted by Crippen LogP contribution is 2.15. The number of piperazine rings is 1. The molecule has 25 heavy (non-hydrogen) atoms. The van der Waals surface area contributed by atoms with Crippen molar-refractivity contribution in [2.24, 2.45) is 0 Å². The van der Waals surface area contributed by atoms with Gasteiger partial charge in [0.25, 0.3) is 0 Å². The molecule has 132 valence electrons. The number of hydrogen-bond acceptors (Lipinski definition) is 4. The summed E-state index contributed by atoms with van der Waals surface area (Å²) in [4.78, 5) is 27.7. The van der Waals surface area contributed by atoms with Crippen LogP contribution in [0.1, 0.15) is 16.9 Å². The highest BCUT2D eigenvalue weighted by atomic mass is 79.9. The quantitative estimate of drug-likeness (QED) is 0.752. The van der Waals surface area contributed by atoms with E-state index in [4.69, 9.17) is 0 Å². The van der Waals surface area contributed by atoms with Crippen LogP contribution >= 0.6 is 27.3 Å². The molecule has 7 heteroatoms. The van der Waals surface area contributed by atoms with Crippen molar-refractivity contribution in [2.75, 3.05) is 13.1 Å². The third kappa shape index (κ3) is 5.14. The standard InChI is InChI=1S/C18H20BrN3O2S/c19-14-4-1-3-13(9-14)12-22-7-6-20-16(18(22)24)10-17(23)21-11-15-5-2-8-25-15/h1-5,8-9,16,20H,6-7,10-12H2,(H,21,23). The second-order valence-corrected chi connectivity index (χ2v) is 7.90. The van der Waals surface area contributed by atoms with Crippen LogP contribution in [-0.4, -0.2) is 35.8 Å². The first kappa shape index (κ1) is 18.1. The summed E-state index contributed by atoms with van der Waals surface area (Å²) >= 11 is 5.06. The molecule has 1 atom stereocenters. The maximum absolute atomic E-state index is 12.7. The molecule has 2 heterocycles. The molecule has 3 rings (SSSR count). The fraction of sp³-hybridized carbons (Fsp3) is 0.333. The summed E-state index contributed by atoms with van der Waals surface area (Å²) in [5.41, 5.74) is 1.07. The van der Waals surface area contributed by atoms with Crippen LogP contribution in [0.5, 0.6) is 0 Å². The van der Waals surface area contributed by atoms with Gasteiger partial charge >= 0.3 is 0 Å². The highest BCUT2D eigenvalue weighted by molar-refractivity contribution is 9.10. The fourth-order valence-corrected chi connectivity index (χ4v) is 3.91. The van der Waals surface area contributed by atoms with E-state index in [0.717, 1.165) is 14.9 Å². The number of nitrogens with zero attached hydrogens (tertiary/aromatic N) is 1. The molecule has 1 fully saturated rings. The number of halogens is 1. The SMILES string of the molecule is O=C(CC1NCCN(Cc2cccc(Br)c2)C1=O)NCc1cccs1. The number of amides is 2. The van der Waals surface area contributed by atoms with E-state index in [1.165, 1.54) is 0 Å². The van der Waals surface area contributed by atoms with Gasteiger partial charge in [-0.05, 0) is 29.1 Å². The number of carbonyl (C=O) groups is 2. The molecule has 0 bridgehead atoms. The predicted molar refractivity (Wildman–Crippen MR) is 102 cm³/mol. The van der Waals surface area contributed by atoms with Gasteiger partial charge in [0.15, 0.2) is 0 Å². The van der Waals surface area contributed by atoms with Gasteiger partial charge in [0.05, 0.1) is 19.0 Å². The van der Waals surface area contributed by atoms with E-state index < -0.39 is 6.04 Å². The lowest BCUT2D eigenvalue weighted by atomic mass is 10.1. The molecule has 2 amide bonds. The Labute approximate surface area is 159 Å². The van der Waals surface area contributed by atoms with E-state index in [2.05, 4.69) is 26.6 Å². The second kappa shape index (κ2) is 8.60. The monoisotopic (exact) mass is 421 g/mol. The third-order valence-electron chi connectivity index (χ3n) is 4.07. The lowest BCUT2D eigenvalue weighted by molar-refractivity contribution is -0.138. The van der Waals surface area contributed by atoms with Gasteiger partial charge in [-0.1, -0.05) is 34.1 Å². The van der Waals surface area contributed by atoms with E-state index in [-0.39, 0.29) is 18.2 Å². The number of rotatable bonds is 6. The molecular formula is C18H20BrN3O2S. The number of benzene rings is 1. The average molecular weight is 422 g/mol. The predicted octanol–water partition coefficient (Wildman–Crippen LogP) is 2.52. The summed E-state index contributed by atoms with van der Waals surface area (Å²) in [5, 5.41) is 8.02. The zero-order valence-corrected chi connectivity index (χ0v) is 16.1. The van der Waals surface area contributed by atoms with Crippen LogP contribution in [0, 0.1) is 0 Å². The zero-order valence-electron chi connectivity index (χ0n) is 13.7. The molecule has 1 aliphatic rings. The molecule has 0 radical (unpaired) electrons. The van der Waals surface area contributed by atoms with E-state index >= 15 is 0 Å². The normalized spacial score (nSPS) is 17.6. The number of nitrogens with one attached hydrogen (secondary N) is 2. The Kier molecular flexibility index (Phi) is 6.23. The first-order valence-electron chi connectivity index (χ1n) is 8.17. The Morgan fingerprint density at radius 2 is 2.24 bits per heavy atom. The third-order valence-corrected chi connectivity index (χ3v) is 5.44. The van der Waals surface area contributed by atoms with Crippen molar-refractivity contribution in [2.45, 2.75) is 25.6 Å². The number of hydrogen-bond donors (Lipinski definition) is 2. The molecule has 0 spiro atoms. The summed E-state index contributed by atoms with van der Waals surface area (Å²) in [6.07, 6.45) is 0.166. The second-order valence-electron chi connectivity index (χ2n) is 5.96. The van der Waals surface area contributed by atoms with Crippen molar-refractivity contribution in [1.82, 2.24) is 15.5 Å². The molecule has 0 aliphatic carbocycles. The highest BCUT2D eigenvalue weighted by Gasteiger charge is 2.30. The molecule has 0 saturated carbocycles. The van der Waals surface area contributed by atoms with Gasteiger partial charge in [-0.25, -0.2) is 0 Å².